The maximum absolute atomic E-state index is 12.6. The summed E-state index contributed by atoms with van der Waals surface area (Å²) in [5, 5.41) is 8.48. The number of thioether (sulfide) groups is 1. The number of nitrogens with zero attached hydrogens (tertiary/aromatic N) is 3. The number of carbonyl (C=O) groups excluding carboxylic acids is 1. The average molecular weight is 388 g/mol. The van der Waals surface area contributed by atoms with Crippen molar-refractivity contribution in [2.75, 3.05) is 13.1 Å². The van der Waals surface area contributed by atoms with Crippen LogP contribution >= 0.6 is 11.8 Å². The zero-order chi connectivity index (χ0) is 19.6. The van der Waals surface area contributed by atoms with Gasteiger partial charge in [-0.3, -0.25) is 4.79 Å². The fourth-order valence-corrected chi connectivity index (χ4v) is 3.94. The average Bonchev–Trinajstić information content (AvgIpc) is 3.09. The number of benzene rings is 1. The van der Waals surface area contributed by atoms with Crippen molar-refractivity contribution in [2.45, 2.75) is 63.3 Å². The molecule has 6 heteroatoms. The Labute approximate surface area is 165 Å². The summed E-state index contributed by atoms with van der Waals surface area (Å²) in [6, 6.07) is 8.20. The van der Waals surface area contributed by atoms with Crippen LogP contribution in [0.1, 0.15) is 53.0 Å². The van der Waals surface area contributed by atoms with Gasteiger partial charge in [-0.05, 0) is 48.8 Å². The molecule has 146 valence electrons. The van der Waals surface area contributed by atoms with Crippen LogP contribution in [0.4, 0.5) is 0 Å². The molecule has 1 fully saturated rings. The van der Waals surface area contributed by atoms with E-state index in [0.717, 1.165) is 31.5 Å². The Balaban J connectivity index is 1.63. The second-order valence-corrected chi connectivity index (χ2v) is 9.76. The molecule has 2 heterocycles. The quantitative estimate of drug-likeness (QED) is 0.707. The van der Waals surface area contributed by atoms with E-state index in [2.05, 4.69) is 50.0 Å². The van der Waals surface area contributed by atoms with Crippen molar-refractivity contribution >= 4 is 17.7 Å². The van der Waals surface area contributed by atoms with Gasteiger partial charge in [0.1, 0.15) is 0 Å². The number of amides is 1. The number of hydrogen-bond acceptors (Lipinski definition) is 5. The third kappa shape index (κ3) is 4.92. The summed E-state index contributed by atoms with van der Waals surface area (Å²) in [5.74, 6) is 1.35. The van der Waals surface area contributed by atoms with Crippen LogP contribution in [-0.4, -0.2) is 39.3 Å². The zero-order valence-electron chi connectivity index (χ0n) is 16.9. The van der Waals surface area contributed by atoms with Gasteiger partial charge < -0.3 is 9.32 Å². The number of hydrogen-bond donors (Lipinski definition) is 0. The van der Waals surface area contributed by atoms with Crippen LogP contribution in [-0.2, 0) is 10.2 Å². The van der Waals surface area contributed by atoms with Crippen molar-refractivity contribution in [3.8, 4) is 11.5 Å². The second-order valence-electron chi connectivity index (χ2n) is 8.47. The lowest BCUT2D eigenvalue weighted by Crippen LogP contribution is -2.41. The highest BCUT2D eigenvalue weighted by Crippen LogP contribution is 2.29. The molecule has 0 saturated carbocycles. The van der Waals surface area contributed by atoms with Crippen molar-refractivity contribution in [2.24, 2.45) is 5.92 Å². The van der Waals surface area contributed by atoms with Gasteiger partial charge in [-0.2, -0.15) is 0 Å². The first-order valence-corrected chi connectivity index (χ1v) is 10.5. The van der Waals surface area contributed by atoms with Crippen LogP contribution in [0.2, 0.25) is 0 Å². The molecule has 0 radical (unpaired) electrons. The SMILES string of the molecule is CC1CCN(C(=O)C(C)Sc2nnc(-c3ccc(C(C)(C)C)cc3)o2)CC1. The third-order valence-corrected chi connectivity index (χ3v) is 6.05. The molecule has 0 N–H and O–H groups in total. The number of carbonyl (C=O) groups is 1. The van der Waals surface area contributed by atoms with Crippen LogP contribution in [0.5, 0.6) is 0 Å². The Kier molecular flexibility index (Phi) is 5.94. The van der Waals surface area contributed by atoms with Gasteiger partial charge in [0.15, 0.2) is 0 Å². The number of likely N-dealkylation sites (tertiary alicyclic amines) is 1. The lowest BCUT2D eigenvalue weighted by molar-refractivity contribution is -0.131. The molecule has 1 aromatic carbocycles. The van der Waals surface area contributed by atoms with E-state index in [1.807, 2.05) is 24.0 Å². The van der Waals surface area contributed by atoms with Crippen molar-refractivity contribution in [1.82, 2.24) is 15.1 Å². The summed E-state index contributed by atoms with van der Waals surface area (Å²) in [5.41, 5.74) is 2.26. The van der Waals surface area contributed by atoms with Crippen molar-refractivity contribution < 1.29 is 9.21 Å². The minimum Gasteiger partial charge on any atom is -0.411 e. The topological polar surface area (TPSA) is 59.2 Å². The number of rotatable bonds is 4. The summed E-state index contributed by atoms with van der Waals surface area (Å²) in [7, 11) is 0. The Morgan fingerprint density at radius 2 is 1.81 bits per heavy atom. The Bertz CT molecular complexity index is 771. The standard InChI is InChI=1S/C21H29N3O2S/c1-14-10-12-24(13-11-14)19(25)15(2)27-20-23-22-18(26-20)16-6-8-17(9-7-16)21(3,4)5/h6-9,14-15H,10-13H2,1-5H3. The largest absolute Gasteiger partial charge is 0.411 e. The van der Waals surface area contributed by atoms with Gasteiger partial charge in [0.05, 0.1) is 5.25 Å². The summed E-state index contributed by atoms with van der Waals surface area (Å²) < 4.78 is 5.79. The van der Waals surface area contributed by atoms with E-state index in [-0.39, 0.29) is 16.6 Å². The van der Waals surface area contributed by atoms with E-state index in [9.17, 15) is 4.79 Å². The minimum atomic E-state index is -0.227. The van der Waals surface area contributed by atoms with Crippen LogP contribution in [0, 0.1) is 5.92 Å². The normalized spacial score (nSPS) is 17.1. The molecule has 0 spiro atoms. The molecule has 2 aromatic rings. The number of piperidine rings is 1. The first kappa shape index (κ1) is 19.9. The fourth-order valence-electron chi connectivity index (χ4n) is 3.17. The van der Waals surface area contributed by atoms with E-state index in [0.29, 0.717) is 17.0 Å². The Morgan fingerprint density at radius 3 is 2.41 bits per heavy atom. The Morgan fingerprint density at radius 1 is 1.19 bits per heavy atom. The van der Waals surface area contributed by atoms with E-state index in [4.69, 9.17) is 4.42 Å². The van der Waals surface area contributed by atoms with Crippen LogP contribution in [0.3, 0.4) is 0 Å². The minimum absolute atomic E-state index is 0.108. The van der Waals surface area contributed by atoms with Gasteiger partial charge in [-0.15, -0.1) is 10.2 Å². The van der Waals surface area contributed by atoms with Gasteiger partial charge in [-0.25, -0.2) is 0 Å². The highest BCUT2D eigenvalue weighted by molar-refractivity contribution is 8.00. The summed E-state index contributed by atoms with van der Waals surface area (Å²) in [6.45, 7) is 12.4. The van der Waals surface area contributed by atoms with E-state index >= 15 is 0 Å². The molecule has 1 aliphatic rings. The molecule has 5 nitrogen and oxygen atoms in total. The molecule has 1 unspecified atom stereocenters. The molecule has 3 rings (SSSR count). The zero-order valence-corrected chi connectivity index (χ0v) is 17.7. The molecule has 0 bridgehead atoms. The molecular weight excluding hydrogens is 358 g/mol. The van der Waals surface area contributed by atoms with Crippen LogP contribution < -0.4 is 0 Å². The molecule has 1 amide bonds. The Hall–Kier alpha value is -1.82. The molecule has 1 aliphatic heterocycles. The van der Waals surface area contributed by atoms with E-state index in [1.165, 1.54) is 17.3 Å². The van der Waals surface area contributed by atoms with Crippen LogP contribution in [0.15, 0.2) is 33.9 Å². The smallest absolute Gasteiger partial charge is 0.277 e. The first-order valence-electron chi connectivity index (χ1n) is 9.64. The molecule has 1 aromatic heterocycles. The molecule has 1 saturated heterocycles. The summed E-state index contributed by atoms with van der Waals surface area (Å²) >= 11 is 1.34. The highest BCUT2D eigenvalue weighted by Gasteiger charge is 2.26. The molecule has 1 atom stereocenters. The van der Waals surface area contributed by atoms with Crippen LogP contribution in [0.25, 0.3) is 11.5 Å². The van der Waals surface area contributed by atoms with E-state index < -0.39 is 0 Å². The van der Waals surface area contributed by atoms with Crippen molar-refractivity contribution in [3.05, 3.63) is 29.8 Å². The molecular formula is C21H29N3O2S. The highest BCUT2D eigenvalue weighted by atomic mass is 32.2. The monoisotopic (exact) mass is 387 g/mol. The predicted octanol–water partition coefficient (Wildman–Crippen LogP) is 4.77. The van der Waals surface area contributed by atoms with Crippen molar-refractivity contribution in [1.29, 1.82) is 0 Å². The van der Waals surface area contributed by atoms with Gasteiger partial charge >= 0.3 is 0 Å². The van der Waals surface area contributed by atoms with Crippen molar-refractivity contribution in [3.63, 3.8) is 0 Å². The maximum Gasteiger partial charge on any atom is 0.277 e. The fraction of sp³-hybridized carbons (Fsp3) is 0.571. The number of aromatic nitrogens is 2. The predicted molar refractivity (Wildman–Crippen MR) is 109 cm³/mol. The maximum atomic E-state index is 12.6. The first-order chi connectivity index (χ1) is 12.7. The molecule has 27 heavy (non-hydrogen) atoms. The second kappa shape index (κ2) is 8.05. The summed E-state index contributed by atoms with van der Waals surface area (Å²) in [6.07, 6.45) is 2.16. The van der Waals surface area contributed by atoms with Gasteiger partial charge in [-0.1, -0.05) is 51.6 Å². The van der Waals surface area contributed by atoms with Gasteiger partial charge in [0.2, 0.25) is 11.8 Å². The lowest BCUT2D eigenvalue weighted by atomic mass is 9.87. The molecule has 0 aliphatic carbocycles. The summed E-state index contributed by atoms with van der Waals surface area (Å²) in [4.78, 5) is 14.6. The van der Waals surface area contributed by atoms with Gasteiger partial charge in [0, 0.05) is 18.7 Å². The third-order valence-electron chi connectivity index (χ3n) is 5.13. The van der Waals surface area contributed by atoms with Gasteiger partial charge in [0.25, 0.3) is 5.22 Å². The van der Waals surface area contributed by atoms with E-state index in [1.54, 1.807) is 0 Å². The lowest BCUT2D eigenvalue weighted by Gasteiger charge is -2.31.